The molecule has 0 amide bonds. The van der Waals surface area contributed by atoms with Gasteiger partial charge < -0.3 is 14.3 Å². The Labute approximate surface area is 153 Å². The van der Waals surface area contributed by atoms with Gasteiger partial charge >= 0.3 is 0 Å². The third-order valence-electron chi connectivity index (χ3n) is 5.31. The monoisotopic (exact) mass is 368 g/mol. The summed E-state index contributed by atoms with van der Waals surface area (Å²) in [6.45, 7) is 19.6. The zero-order chi connectivity index (χ0) is 19.7. The number of aliphatic hydroxyl groups is 1. The fourth-order valence-electron chi connectivity index (χ4n) is 2.31. The average Bonchev–Trinajstić information content (AvgIpc) is 2.48. The Balaban J connectivity index is 3.63. The smallest absolute Gasteiger partial charge is 0.250 e. The second kappa shape index (κ2) is 7.50. The molecule has 0 aliphatic heterocycles. The van der Waals surface area contributed by atoms with Crippen molar-refractivity contribution in [3.8, 4) is 11.5 Å². The molecule has 0 radical (unpaired) electrons. The first-order valence-corrected chi connectivity index (χ1v) is 11.5. The number of halogens is 1. The van der Waals surface area contributed by atoms with Crippen LogP contribution in [-0.4, -0.2) is 26.6 Å². The van der Waals surface area contributed by atoms with Crippen molar-refractivity contribution in [1.82, 2.24) is 0 Å². The van der Waals surface area contributed by atoms with Gasteiger partial charge in [0.2, 0.25) is 0 Å². The molecule has 1 atom stereocenters. The molecule has 1 aromatic rings. The first-order chi connectivity index (χ1) is 11.2. The molecule has 0 aliphatic carbocycles. The average molecular weight is 369 g/mol. The summed E-state index contributed by atoms with van der Waals surface area (Å²) in [5, 5.41) is 10.2. The van der Waals surface area contributed by atoms with Gasteiger partial charge in [-0.25, -0.2) is 4.39 Å². The minimum atomic E-state index is -2.26. The van der Waals surface area contributed by atoms with Crippen LogP contribution >= 0.6 is 0 Å². The highest BCUT2D eigenvalue weighted by Gasteiger charge is 2.41. The lowest BCUT2D eigenvalue weighted by Crippen LogP contribution is -2.44. The molecular weight excluding hydrogens is 335 g/mol. The summed E-state index contributed by atoms with van der Waals surface area (Å²) in [7, 11) is -0.700. The van der Waals surface area contributed by atoms with Crippen molar-refractivity contribution in [2.45, 2.75) is 72.2 Å². The van der Waals surface area contributed by atoms with Crippen molar-refractivity contribution >= 4 is 8.32 Å². The molecule has 0 saturated carbocycles. The molecule has 0 heterocycles. The summed E-state index contributed by atoms with van der Waals surface area (Å²) in [6.07, 6.45) is -0.572. The minimum Gasteiger partial charge on any atom is -0.541 e. The molecule has 0 saturated heterocycles. The highest BCUT2D eigenvalue weighted by molar-refractivity contribution is 6.74. The van der Waals surface area contributed by atoms with Crippen LogP contribution in [-0.2, 0) is 6.42 Å². The maximum Gasteiger partial charge on any atom is 0.250 e. The Bertz CT molecular complexity index is 660. The van der Waals surface area contributed by atoms with Crippen molar-refractivity contribution in [2.24, 2.45) is 0 Å². The summed E-state index contributed by atoms with van der Waals surface area (Å²) in [5.74, 6) is 0.423. The van der Waals surface area contributed by atoms with Gasteiger partial charge in [-0.2, -0.15) is 0 Å². The van der Waals surface area contributed by atoms with Gasteiger partial charge in [-0.15, -0.1) is 0 Å². The second-order valence-corrected chi connectivity index (χ2v) is 13.1. The quantitative estimate of drug-likeness (QED) is 0.546. The lowest BCUT2D eigenvalue weighted by molar-refractivity contribution is 0.209. The van der Waals surface area contributed by atoms with E-state index < -0.39 is 14.4 Å². The molecule has 1 aromatic carbocycles. The Kier molecular flexibility index (Phi) is 6.51. The second-order valence-electron chi connectivity index (χ2n) is 8.33. The van der Waals surface area contributed by atoms with Gasteiger partial charge in [-0.05, 0) is 50.0 Å². The van der Waals surface area contributed by atoms with Crippen molar-refractivity contribution < 1.29 is 18.7 Å². The van der Waals surface area contributed by atoms with E-state index in [-0.39, 0.29) is 23.0 Å². The highest BCUT2D eigenvalue weighted by atomic mass is 28.4. The van der Waals surface area contributed by atoms with Crippen LogP contribution in [0.2, 0.25) is 18.1 Å². The van der Waals surface area contributed by atoms with E-state index in [2.05, 4.69) is 40.4 Å². The third kappa shape index (κ3) is 4.45. The van der Waals surface area contributed by atoms with Gasteiger partial charge in [0, 0.05) is 12.0 Å². The first-order valence-electron chi connectivity index (χ1n) is 8.62. The molecule has 142 valence electrons. The van der Waals surface area contributed by atoms with Crippen LogP contribution in [0, 0.1) is 19.7 Å². The maximum atomic E-state index is 15.1. The van der Waals surface area contributed by atoms with Crippen molar-refractivity contribution in [2.75, 3.05) is 7.11 Å². The molecular formula is C20H33FO3Si. The number of hydrogen-bond donors (Lipinski definition) is 1. The SMILES string of the molecule is C=C(C)C(O)Cc1c(OC)c(C)c(C)c(F)c1O[Si](C)(C)C(C)(C)C. The lowest BCUT2D eigenvalue weighted by atomic mass is 9.96. The van der Waals surface area contributed by atoms with Crippen molar-refractivity contribution in [3.05, 3.63) is 34.7 Å². The van der Waals surface area contributed by atoms with Crippen LogP contribution < -0.4 is 9.16 Å². The third-order valence-corrected chi connectivity index (χ3v) is 9.64. The maximum absolute atomic E-state index is 15.1. The fraction of sp³-hybridized carbons (Fsp3) is 0.600. The van der Waals surface area contributed by atoms with E-state index in [1.807, 2.05) is 6.92 Å². The van der Waals surface area contributed by atoms with Crippen LogP contribution in [0.4, 0.5) is 4.39 Å². The highest BCUT2D eigenvalue weighted by Crippen LogP contribution is 2.43. The van der Waals surface area contributed by atoms with Gasteiger partial charge in [0.25, 0.3) is 8.32 Å². The first kappa shape index (κ1) is 21.7. The van der Waals surface area contributed by atoms with Gasteiger partial charge in [0.15, 0.2) is 5.82 Å². The Hall–Kier alpha value is -1.33. The van der Waals surface area contributed by atoms with Crippen LogP contribution in [0.1, 0.15) is 44.4 Å². The molecule has 1 N–H and O–H groups in total. The molecule has 5 heteroatoms. The summed E-state index contributed by atoms with van der Waals surface area (Å²) in [4.78, 5) is 0. The van der Waals surface area contributed by atoms with Gasteiger partial charge in [0.1, 0.15) is 11.5 Å². The normalized spacial score (nSPS) is 13.6. The number of rotatable bonds is 6. The molecule has 0 fully saturated rings. The lowest BCUT2D eigenvalue weighted by Gasteiger charge is -2.37. The summed E-state index contributed by atoms with van der Waals surface area (Å²) >= 11 is 0. The van der Waals surface area contributed by atoms with E-state index >= 15 is 4.39 Å². The van der Waals surface area contributed by atoms with Crippen LogP contribution in [0.25, 0.3) is 0 Å². The Morgan fingerprint density at radius 1 is 1.20 bits per heavy atom. The molecule has 0 aliphatic rings. The van der Waals surface area contributed by atoms with Crippen LogP contribution in [0.5, 0.6) is 11.5 Å². The minimum absolute atomic E-state index is 0.0737. The number of benzene rings is 1. The predicted molar refractivity (Wildman–Crippen MR) is 105 cm³/mol. The summed E-state index contributed by atoms with van der Waals surface area (Å²) < 4.78 is 27.0. The molecule has 1 unspecified atom stereocenters. The summed E-state index contributed by atoms with van der Waals surface area (Å²) in [5.41, 5.74) is 2.44. The Morgan fingerprint density at radius 2 is 1.72 bits per heavy atom. The molecule has 25 heavy (non-hydrogen) atoms. The van der Waals surface area contributed by atoms with Crippen molar-refractivity contribution in [3.63, 3.8) is 0 Å². The van der Waals surface area contributed by atoms with E-state index in [1.165, 1.54) is 0 Å². The zero-order valence-corrected chi connectivity index (χ0v) is 18.1. The largest absolute Gasteiger partial charge is 0.541 e. The fourth-order valence-corrected chi connectivity index (χ4v) is 3.34. The molecule has 0 bridgehead atoms. The van der Waals surface area contributed by atoms with Crippen LogP contribution in [0.3, 0.4) is 0 Å². The molecule has 3 nitrogen and oxygen atoms in total. The van der Waals surface area contributed by atoms with Gasteiger partial charge in [-0.1, -0.05) is 32.9 Å². The molecule has 0 aromatic heterocycles. The van der Waals surface area contributed by atoms with Gasteiger partial charge in [0.05, 0.1) is 13.2 Å². The van der Waals surface area contributed by atoms with Gasteiger partial charge in [-0.3, -0.25) is 0 Å². The summed E-state index contributed by atoms with van der Waals surface area (Å²) in [6, 6.07) is 0. The zero-order valence-electron chi connectivity index (χ0n) is 17.1. The van der Waals surface area contributed by atoms with Crippen molar-refractivity contribution in [1.29, 1.82) is 0 Å². The van der Waals surface area contributed by atoms with E-state index in [9.17, 15) is 5.11 Å². The number of ether oxygens (including phenoxy) is 1. The Morgan fingerprint density at radius 3 is 2.12 bits per heavy atom. The van der Waals surface area contributed by atoms with E-state index in [4.69, 9.17) is 9.16 Å². The van der Waals surface area contributed by atoms with E-state index in [0.717, 1.165) is 5.56 Å². The predicted octanol–water partition coefficient (Wildman–Crippen LogP) is 5.31. The number of methoxy groups -OCH3 is 1. The molecule has 1 rings (SSSR count). The van der Waals surface area contributed by atoms with E-state index in [1.54, 1.807) is 21.0 Å². The van der Waals surface area contributed by atoms with E-state index in [0.29, 0.717) is 22.4 Å². The number of aliphatic hydroxyl groups excluding tert-OH is 1. The van der Waals surface area contributed by atoms with Crippen LogP contribution in [0.15, 0.2) is 12.2 Å². The molecule has 0 spiro atoms. The topological polar surface area (TPSA) is 38.7 Å². The standard InChI is InChI=1S/C20H33FO3Si/c1-12(2)16(22)11-15-18(23-8)14(4)13(3)17(21)19(15)24-25(9,10)20(5,6)7/h16,22H,1,11H2,2-10H3. The number of hydrogen-bond acceptors (Lipinski definition) is 3.